The molecule has 1 aliphatic rings. The number of hydrogen-bond acceptors (Lipinski definition) is 11. The minimum atomic E-state index is -4.50. The topological polar surface area (TPSA) is 181 Å². The van der Waals surface area contributed by atoms with Crippen LogP contribution in [0.15, 0.2) is 0 Å². The zero-order valence-electron chi connectivity index (χ0n) is 28.8. The highest BCUT2D eigenvalue weighted by atomic mass is 31.2. The molecule has 0 aromatic heterocycles. The summed E-state index contributed by atoms with van der Waals surface area (Å²) in [5.41, 5.74) is 0. The van der Waals surface area contributed by atoms with Gasteiger partial charge in [0.2, 0.25) is 0 Å². The van der Waals surface area contributed by atoms with E-state index in [1.165, 1.54) is 70.6 Å². The van der Waals surface area contributed by atoms with Gasteiger partial charge in [-0.1, -0.05) is 96.8 Å². The summed E-state index contributed by atoms with van der Waals surface area (Å²) in [6, 6.07) is 0. The van der Waals surface area contributed by atoms with Gasteiger partial charge in [-0.15, -0.1) is 0 Å². The molecule has 1 heterocycles. The summed E-state index contributed by atoms with van der Waals surface area (Å²) < 4.78 is 39.4. The fourth-order valence-corrected chi connectivity index (χ4v) is 5.78. The van der Waals surface area contributed by atoms with Crippen LogP contribution in [-0.4, -0.2) is 127 Å². The van der Waals surface area contributed by atoms with E-state index in [0.717, 1.165) is 19.3 Å². The predicted molar refractivity (Wildman–Crippen MR) is 174 cm³/mol. The smallest absolute Gasteiger partial charge is 0.463 e. The summed E-state index contributed by atoms with van der Waals surface area (Å²) in [5, 5.41) is 39.9. The monoisotopic (exact) mass is 686 g/mol. The highest BCUT2D eigenvalue weighted by Crippen LogP contribution is 2.43. The molecule has 13 nitrogen and oxygen atoms in total. The highest BCUT2D eigenvalue weighted by molar-refractivity contribution is 7.47. The number of rotatable bonds is 28. The molecule has 0 aromatic rings. The van der Waals surface area contributed by atoms with Crippen LogP contribution in [0.2, 0.25) is 0 Å². The van der Waals surface area contributed by atoms with Gasteiger partial charge in [0.15, 0.2) is 6.29 Å². The number of carbonyl (C=O) groups excluding carboxylic acids is 1. The number of carbonyl (C=O) groups is 1. The molecule has 7 atom stereocenters. The van der Waals surface area contributed by atoms with Gasteiger partial charge in [-0.25, -0.2) is 4.57 Å². The maximum atomic E-state index is 12.4. The SMILES string of the molecule is CCCCCCCCCCCCCCCCCC(=O)OC[C@H](COP(=O)(O)OCC[N+](C)(C)C)O[C@H]1O[C@H](CO)[C@@H](O)[C@H](O)[C@H]1O. The fraction of sp³-hybridized carbons (Fsp3) is 0.969. The molecule has 0 amide bonds. The van der Waals surface area contributed by atoms with Crippen LogP contribution < -0.4 is 0 Å². The number of phosphoric ester groups is 1. The van der Waals surface area contributed by atoms with E-state index in [9.17, 15) is 34.7 Å². The van der Waals surface area contributed by atoms with E-state index < -0.39 is 70.4 Å². The first kappa shape index (κ1) is 43.3. The number of aliphatic hydroxyl groups is 4. The minimum Gasteiger partial charge on any atom is -0.463 e. The maximum absolute atomic E-state index is 12.4. The van der Waals surface area contributed by atoms with Crippen molar-refractivity contribution in [1.82, 2.24) is 0 Å². The number of esters is 1. The molecule has 1 saturated heterocycles. The molecule has 1 fully saturated rings. The van der Waals surface area contributed by atoms with Gasteiger partial charge in [0, 0.05) is 6.42 Å². The molecule has 274 valence electrons. The summed E-state index contributed by atoms with van der Waals surface area (Å²) in [6.07, 6.45) is 9.44. The second-order valence-corrected chi connectivity index (χ2v) is 14.9. The van der Waals surface area contributed by atoms with E-state index in [2.05, 4.69) is 6.92 Å². The average molecular weight is 687 g/mol. The molecule has 1 unspecified atom stereocenters. The van der Waals surface area contributed by atoms with Gasteiger partial charge in [0.25, 0.3) is 0 Å². The molecule has 0 radical (unpaired) electrons. The normalized spacial score (nSPS) is 24.1. The van der Waals surface area contributed by atoms with E-state index in [1.807, 2.05) is 21.1 Å². The lowest BCUT2D eigenvalue weighted by Gasteiger charge is -2.40. The number of hydrogen-bond donors (Lipinski definition) is 5. The second kappa shape index (κ2) is 24.4. The van der Waals surface area contributed by atoms with Crippen LogP contribution in [0.1, 0.15) is 110 Å². The molecule has 0 saturated carbocycles. The predicted octanol–water partition coefficient (Wildman–Crippen LogP) is 3.82. The van der Waals surface area contributed by atoms with Crippen molar-refractivity contribution in [2.45, 2.75) is 146 Å². The first-order valence-electron chi connectivity index (χ1n) is 17.3. The Labute approximate surface area is 276 Å². The number of likely N-dealkylation sites (N-methyl/N-ethyl adjacent to an activating group) is 1. The maximum Gasteiger partial charge on any atom is 0.472 e. The van der Waals surface area contributed by atoms with Crippen molar-refractivity contribution in [3.63, 3.8) is 0 Å². The van der Waals surface area contributed by atoms with Gasteiger partial charge in [0.05, 0.1) is 34.4 Å². The molecule has 1 aliphatic heterocycles. The van der Waals surface area contributed by atoms with Gasteiger partial charge in [-0.3, -0.25) is 13.8 Å². The van der Waals surface area contributed by atoms with Crippen molar-refractivity contribution < 1.29 is 62.4 Å². The van der Waals surface area contributed by atoms with E-state index in [4.69, 9.17) is 23.3 Å². The zero-order valence-corrected chi connectivity index (χ0v) is 29.7. The van der Waals surface area contributed by atoms with Crippen molar-refractivity contribution in [1.29, 1.82) is 0 Å². The van der Waals surface area contributed by atoms with Crippen LogP contribution >= 0.6 is 7.82 Å². The number of quaternary nitrogens is 1. The highest BCUT2D eigenvalue weighted by Gasteiger charge is 2.45. The summed E-state index contributed by atoms with van der Waals surface area (Å²) >= 11 is 0. The lowest BCUT2D eigenvalue weighted by atomic mass is 9.99. The molecule has 0 spiro atoms. The number of ether oxygens (including phenoxy) is 3. The molecule has 5 N–H and O–H groups in total. The van der Waals surface area contributed by atoms with E-state index in [-0.39, 0.29) is 13.0 Å². The Bertz CT molecular complexity index is 827. The number of unbranched alkanes of at least 4 members (excludes halogenated alkanes) is 14. The molecule has 14 heteroatoms. The van der Waals surface area contributed by atoms with Crippen molar-refractivity contribution >= 4 is 13.8 Å². The van der Waals surface area contributed by atoms with Crippen molar-refractivity contribution in [2.24, 2.45) is 0 Å². The van der Waals surface area contributed by atoms with Crippen LogP contribution in [-0.2, 0) is 32.6 Å². The second-order valence-electron chi connectivity index (χ2n) is 13.4. The Morgan fingerprint density at radius 1 is 0.783 bits per heavy atom. The van der Waals surface area contributed by atoms with Crippen LogP contribution in [0.3, 0.4) is 0 Å². The van der Waals surface area contributed by atoms with Gasteiger partial charge in [-0.05, 0) is 6.42 Å². The van der Waals surface area contributed by atoms with Crippen molar-refractivity contribution in [3.05, 3.63) is 0 Å². The first-order valence-corrected chi connectivity index (χ1v) is 18.8. The third kappa shape index (κ3) is 20.6. The Balaban J connectivity index is 2.42. The van der Waals surface area contributed by atoms with E-state index >= 15 is 0 Å². The third-order valence-electron chi connectivity index (χ3n) is 8.03. The summed E-state index contributed by atoms with van der Waals surface area (Å²) in [6.45, 7) is 1.00. The standard InChI is InChI=1S/C32H64NO12P/c1-5-6-7-8-9-10-11-12-13-14-15-16-17-18-19-20-28(35)41-24-26(25-43-46(39,40)42-22-21-33(2,3)4)44-32-31(38)30(37)29(36)27(23-34)45-32/h26-27,29-32,34,36-38H,5-25H2,1-4H3/p+1/t26-,27-,29-,30+,31-,32+/m1/s1. The van der Waals surface area contributed by atoms with Crippen LogP contribution in [0.5, 0.6) is 0 Å². The number of nitrogens with zero attached hydrogens (tertiary/aromatic N) is 1. The van der Waals surface area contributed by atoms with Gasteiger partial charge >= 0.3 is 13.8 Å². The molecular formula is C32H65NO12P+. The average Bonchev–Trinajstić information content (AvgIpc) is 2.99. The summed E-state index contributed by atoms with van der Waals surface area (Å²) in [5.74, 6) is -0.483. The lowest BCUT2D eigenvalue weighted by molar-refractivity contribution is -0.870. The number of phosphoric acid groups is 1. The Morgan fingerprint density at radius 3 is 1.80 bits per heavy atom. The van der Waals surface area contributed by atoms with Gasteiger partial charge in [-0.2, -0.15) is 0 Å². The Kier molecular flexibility index (Phi) is 23.0. The molecule has 0 aromatic carbocycles. The van der Waals surface area contributed by atoms with Crippen LogP contribution in [0.4, 0.5) is 0 Å². The van der Waals surface area contributed by atoms with Crippen molar-refractivity contribution in [2.75, 3.05) is 54.1 Å². The van der Waals surface area contributed by atoms with E-state index in [0.29, 0.717) is 17.4 Å². The Hall–Kier alpha value is -0.700. The van der Waals surface area contributed by atoms with Crippen LogP contribution in [0.25, 0.3) is 0 Å². The Morgan fingerprint density at radius 2 is 1.30 bits per heavy atom. The summed E-state index contributed by atoms with van der Waals surface area (Å²) in [7, 11) is 1.18. The molecular weight excluding hydrogens is 621 g/mol. The molecule has 1 rings (SSSR count). The van der Waals surface area contributed by atoms with Crippen LogP contribution in [0, 0.1) is 0 Å². The van der Waals surface area contributed by atoms with Crippen molar-refractivity contribution in [3.8, 4) is 0 Å². The fourth-order valence-electron chi connectivity index (χ4n) is 5.04. The summed E-state index contributed by atoms with van der Waals surface area (Å²) in [4.78, 5) is 22.5. The van der Waals surface area contributed by atoms with Gasteiger partial charge < -0.3 is 44.0 Å². The molecule has 0 aliphatic carbocycles. The third-order valence-corrected chi connectivity index (χ3v) is 9.01. The van der Waals surface area contributed by atoms with Gasteiger partial charge in [0.1, 0.15) is 50.3 Å². The quantitative estimate of drug-likeness (QED) is 0.0348. The largest absolute Gasteiger partial charge is 0.472 e. The van der Waals surface area contributed by atoms with E-state index in [1.54, 1.807) is 0 Å². The molecule has 46 heavy (non-hydrogen) atoms. The zero-order chi connectivity index (χ0) is 34.4. The minimum absolute atomic E-state index is 0.0518. The first-order chi connectivity index (χ1) is 21.8. The molecule has 0 bridgehead atoms. The lowest BCUT2D eigenvalue weighted by Crippen LogP contribution is -2.60. The number of aliphatic hydroxyl groups excluding tert-OH is 4.